The Bertz CT molecular complexity index is 1190. The molecule has 3 aromatic carbocycles. The molecule has 1 aliphatic rings. The van der Waals surface area contributed by atoms with Gasteiger partial charge in [0.25, 0.3) is 0 Å². The maximum atomic E-state index is 13.8. The molecule has 4 rings (SSSR count). The zero-order chi connectivity index (χ0) is 27.9. The van der Waals surface area contributed by atoms with Crippen LogP contribution in [-0.2, 0) is 20.9 Å². The van der Waals surface area contributed by atoms with Gasteiger partial charge in [0.05, 0.1) is 32.2 Å². The van der Waals surface area contributed by atoms with Crippen LogP contribution >= 0.6 is 11.6 Å². The highest BCUT2D eigenvalue weighted by Crippen LogP contribution is 2.45. The Kier molecular flexibility index (Phi) is 9.36. The Morgan fingerprint density at radius 3 is 1.90 bits per heavy atom. The first-order valence-corrected chi connectivity index (χ1v) is 13.4. The average molecular weight is 552 g/mol. The van der Waals surface area contributed by atoms with Crippen molar-refractivity contribution >= 4 is 23.7 Å². The second-order valence-electron chi connectivity index (χ2n) is 9.69. The van der Waals surface area contributed by atoms with Crippen molar-refractivity contribution in [2.75, 3.05) is 20.1 Å². The standard InChI is InChI=1S/C31H34ClNO6/c1-20(18-32)28-27(21(2)39-31(35)38-19-22-8-6-5-7-9-22)30(34)33(28)29(23-10-14-25(36-3)15-11-23)24-12-16-26(37-4)17-13-24/h5-17,20-21,27-29H,18-19H2,1-4H3/t20?,21?,27-,28-/m1/s1. The smallest absolute Gasteiger partial charge is 0.497 e. The molecule has 0 radical (unpaired) electrons. The Balaban J connectivity index is 1.58. The molecule has 0 aliphatic carbocycles. The molecule has 0 N–H and O–H groups in total. The molecular weight excluding hydrogens is 518 g/mol. The molecule has 1 aliphatic heterocycles. The Morgan fingerprint density at radius 1 is 0.872 bits per heavy atom. The predicted octanol–water partition coefficient (Wildman–Crippen LogP) is 6.24. The van der Waals surface area contributed by atoms with Gasteiger partial charge in [-0.2, -0.15) is 0 Å². The normalized spacial score (nSPS) is 18.2. The van der Waals surface area contributed by atoms with Gasteiger partial charge in [0, 0.05) is 5.88 Å². The minimum atomic E-state index is -0.809. The first-order chi connectivity index (χ1) is 18.9. The van der Waals surface area contributed by atoms with Crippen molar-refractivity contribution < 1.29 is 28.5 Å². The topological polar surface area (TPSA) is 74.3 Å². The predicted molar refractivity (Wildman–Crippen MR) is 149 cm³/mol. The van der Waals surface area contributed by atoms with E-state index in [9.17, 15) is 9.59 Å². The van der Waals surface area contributed by atoms with Crippen molar-refractivity contribution in [2.24, 2.45) is 11.8 Å². The second-order valence-corrected chi connectivity index (χ2v) is 10.00. The number of hydrogen-bond donors (Lipinski definition) is 0. The molecule has 7 nitrogen and oxygen atoms in total. The van der Waals surface area contributed by atoms with Gasteiger partial charge in [-0.25, -0.2) is 4.79 Å². The summed E-state index contributed by atoms with van der Waals surface area (Å²) in [6.07, 6.45) is -1.50. The number of β-lactam (4-membered cyclic amide) rings is 1. The molecule has 2 unspecified atom stereocenters. The third-order valence-electron chi connectivity index (χ3n) is 7.18. The maximum Gasteiger partial charge on any atom is 0.508 e. The van der Waals surface area contributed by atoms with Crippen LogP contribution in [0.2, 0.25) is 0 Å². The number of carbonyl (C=O) groups is 2. The summed E-state index contributed by atoms with van der Waals surface area (Å²) >= 11 is 6.34. The van der Waals surface area contributed by atoms with Crippen LogP contribution in [0.4, 0.5) is 4.79 Å². The number of alkyl halides is 1. The number of benzene rings is 3. The fourth-order valence-corrected chi connectivity index (χ4v) is 5.30. The van der Waals surface area contributed by atoms with Crippen molar-refractivity contribution in [1.29, 1.82) is 0 Å². The highest BCUT2D eigenvalue weighted by atomic mass is 35.5. The van der Waals surface area contributed by atoms with E-state index in [0.29, 0.717) is 5.88 Å². The van der Waals surface area contributed by atoms with Crippen molar-refractivity contribution in [1.82, 2.24) is 4.90 Å². The second kappa shape index (κ2) is 12.9. The van der Waals surface area contributed by atoms with Gasteiger partial charge in [0.1, 0.15) is 24.2 Å². The van der Waals surface area contributed by atoms with Gasteiger partial charge < -0.3 is 23.8 Å². The zero-order valence-electron chi connectivity index (χ0n) is 22.6. The zero-order valence-corrected chi connectivity index (χ0v) is 23.3. The third-order valence-corrected chi connectivity index (χ3v) is 7.67. The largest absolute Gasteiger partial charge is 0.508 e. The number of carbonyl (C=O) groups excluding carboxylic acids is 2. The lowest BCUT2D eigenvalue weighted by Gasteiger charge is -2.54. The molecule has 206 valence electrons. The number of methoxy groups -OCH3 is 2. The lowest BCUT2D eigenvalue weighted by Crippen LogP contribution is -2.67. The molecule has 1 heterocycles. The van der Waals surface area contributed by atoms with Crippen LogP contribution in [0.15, 0.2) is 78.9 Å². The van der Waals surface area contributed by atoms with Crippen LogP contribution in [0.1, 0.15) is 36.6 Å². The van der Waals surface area contributed by atoms with Crippen molar-refractivity contribution in [3.8, 4) is 11.5 Å². The van der Waals surface area contributed by atoms with Gasteiger partial charge in [0.15, 0.2) is 0 Å². The SMILES string of the molecule is COc1ccc(C(c2ccc(OC)cc2)N2C(=O)[C@H](C(C)OC(=O)OCc3ccccc3)[C@H]2C(C)CCl)cc1. The molecule has 4 atom stereocenters. The van der Waals surface area contributed by atoms with E-state index in [0.717, 1.165) is 28.2 Å². The number of nitrogens with zero attached hydrogens (tertiary/aromatic N) is 1. The van der Waals surface area contributed by atoms with E-state index in [1.54, 1.807) is 21.1 Å². The summed E-state index contributed by atoms with van der Waals surface area (Å²) in [5.74, 6) is 1.07. The molecule has 8 heteroatoms. The van der Waals surface area contributed by atoms with Gasteiger partial charge in [-0.3, -0.25) is 4.79 Å². The summed E-state index contributed by atoms with van der Waals surface area (Å²) < 4.78 is 21.6. The molecule has 0 spiro atoms. The number of rotatable bonds is 11. The van der Waals surface area contributed by atoms with Crippen LogP contribution < -0.4 is 9.47 Å². The summed E-state index contributed by atoms with van der Waals surface area (Å²) in [5, 5.41) is 0. The van der Waals surface area contributed by atoms with Crippen LogP contribution in [-0.4, -0.2) is 49.2 Å². The molecule has 0 aromatic heterocycles. The highest BCUT2D eigenvalue weighted by Gasteiger charge is 2.56. The van der Waals surface area contributed by atoms with Gasteiger partial charge in [-0.15, -0.1) is 11.6 Å². The van der Waals surface area contributed by atoms with Gasteiger partial charge in [0.2, 0.25) is 5.91 Å². The fourth-order valence-electron chi connectivity index (χ4n) is 5.11. The molecule has 1 fully saturated rings. The first kappa shape index (κ1) is 28.3. The van der Waals surface area contributed by atoms with Crippen molar-refractivity contribution in [3.63, 3.8) is 0 Å². The van der Waals surface area contributed by atoms with E-state index in [4.69, 9.17) is 30.5 Å². The maximum absolute atomic E-state index is 13.8. The summed E-state index contributed by atoms with van der Waals surface area (Å²) in [6.45, 7) is 3.83. The van der Waals surface area contributed by atoms with Crippen molar-refractivity contribution in [2.45, 2.75) is 38.6 Å². The monoisotopic (exact) mass is 551 g/mol. The van der Waals surface area contributed by atoms with E-state index in [1.807, 2.05) is 90.7 Å². The summed E-state index contributed by atoms with van der Waals surface area (Å²) in [4.78, 5) is 28.2. The van der Waals surface area contributed by atoms with E-state index in [1.165, 1.54) is 0 Å². The number of likely N-dealkylation sites (tertiary alicyclic amines) is 1. The summed E-state index contributed by atoms with van der Waals surface area (Å²) in [6, 6.07) is 24.0. The molecular formula is C31H34ClNO6. The molecule has 1 saturated heterocycles. The molecule has 0 bridgehead atoms. The Hall–Kier alpha value is -3.71. The van der Waals surface area contributed by atoms with Crippen LogP contribution in [0.3, 0.4) is 0 Å². The third kappa shape index (κ3) is 6.31. The minimum Gasteiger partial charge on any atom is -0.497 e. The molecule has 1 amide bonds. The number of ether oxygens (including phenoxy) is 4. The van der Waals surface area contributed by atoms with Crippen molar-refractivity contribution in [3.05, 3.63) is 95.6 Å². The molecule has 3 aromatic rings. The Morgan fingerprint density at radius 2 is 1.41 bits per heavy atom. The Labute approximate surface area is 234 Å². The first-order valence-electron chi connectivity index (χ1n) is 12.9. The fraction of sp³-hybridized carbons (Fsp3) is 0.355. The lowest BCUT2D eigenvalue weighted by molar-refractivity contribution is -0.173. The quantitative estimate of drug-likeness (QED) is 0.160. The van der Waals surface area contributed by atoms with E-state index >= 15 is 0 Å². The van der Waals surface area contributed by atoms with E-state index in [2.05, 4.69) is 0 Å². The number of hydrogen-bond acceptors (Lipinski definition) is 6. The van der Waals surface area contributed by atoms with Gasteiger partial charge in [-0.1, -0.05) is 61.5 Å². The van der Waals surface area contributed by atoms with Gasteiger partial charge >= 0.3 is 6.16 Å². The highest BCUT2D eigenvalue weighted by molar-refractivity contribution is 6.18. The molecule has 39 heavy (non-hydrogen) atoms. The lowest BCUT2D eigenvalue weighted by atomic mass is 9.74. The summed E-state index contributed by atoms with van der Waals surface area (Å²) in [7, 11) is 3.23. The average Bonchev–Trinajstić information content (AvgIpc) is 2.97. The molecule has 0 saturated carbocycles. The van der Waals surface area contributed by atoms with E-state index in [-0.39, 0.29) is 30.5 Å². The number of amides is 1. The van der Waals surface area contributed by atoms with E-state index < -0.39 is 18.2 Å². The van der Waals surface area contributed by atoms with Crippen LogP contribution in [0, 0.1) is 11.8 Å². The van der Waals surface area contributed by atoms with Crippen LogP contribution in [0.25, 0.3) is 0 Å². The summed E-state index contributed by atoms with van der Waals surface area (Å²) in [5.41, 5.74) is 2.70. The van der Waals surface area contributed by atoms with Gasteiger partial charge in [-0.05, 0) is 53.8 Å². The van der Waals surface area contributed by atoms with Crippen LogP contribution in [0.5, 0.6) is 11.5 Å². The minimum absolute atomic E-state index is 0.0558. The number of halogens is 1.